The monoisotopic (exact) mass is 487 g/mol. The minimum atomic E-state index is 0.0207. The SMILES string of the molecule is CC(C)n1c(=O)ccc2ccc(OCCCCN3CCN(c4cccc(Cl)c4Cl)CC3)cc21. The lowest BCUT2D eigenvalue weighted by molar-refractivity contribution is 0.238. The van der Waals surface area contributed by atoms with Gasteiger partial charge in [-0.05, 0) is 69.0 Å². The number of piperazine rings is 1. The Kier molecular flexibility index (Phi) is 7.84. The van der Waals surface area contributed by atoms with Gasteiger partial charge in [0.05, 0.1) is 27.9 Å². The van der Waals surface area contributed by atoms with Crippen LogP contribution in [0.1, 0.15) is 32.7 Å². The number of hydrogen-bond donors (Lipinski definition) is 0. The second-order valence-electron chi connectivity index (χ2n) is 8.81. The third-order valence-electron chi connectivity index (χ3n) is 6.20. The molecule has 1 aromatic heterocycles. The van der Waals surface area contributed by atoms with Crippen LogP contribution in [-0.2, 0) is 0 Å². The highest BCUT2D eigenvalue weighted by atomic mass is 35.5. The van der Waals surface area contributed by atoms with Crippen LogP contribution in [0.25, 0.3) is 10.9 Å². The van der Waals surface area contributed by atoms with Crippen molar-refractivity contribution in [1.82, 2.24) is 9.47 Å². The van der Waals surface area contributed by atoms with E-state index in [-0.39, 0.29) is 11.6 Å². The Morgan fingerprint density at radius 3 is 2.48 bits per heavy atom. The van der Waals surface area contributed by atoms with Crippen LogP contribution in [0.4, 0.5) is 5.69 Å². The highest BCUT2D eigenvalue weighted by Crippen LogP contribution is 2.32. The largest absolute Gasteiger partial charge is 0.494 e. The summed E-state index contributed by atoms with van der Waals surface area (Å²) in [5, 5.41) is 2.30. The maximum atomic E-state index is 12.3. The summed E-state index contributed by atoms with van der Waals surface area (Å²) < 4.78 is 7.83. The zero-order chi connectivity index (χ0) is 23.4. The van der Waals surface area contributed by atoms with Crippen LogP contribution >= 0.6 is 23.2 Å². The fraction of sp³-hybridized carbons (Fsp3) is 0.423. The Balaban J connectivity index is 1.23. The van der Waals surface area contributed by atoms with Gasteiger partial charge in [0, 0.05) is 44.4 Å². The van der Waals surface area contributed by atoms with Gasteiger partial charge in [-0.3, -0.25) is 9.69 Å². The first kappa shape index (κ1) is 23.9. The fourth-order valence-corrected chi connectivity index (χ4v) is 4.85. The van der Waals surface area contributed by atoms with Crippen LogP contribution < -0.4 is 15.2 Å². The molecule has 0 radical (unpaired) electrons. The summed E-state index contributed by atoms with van der Waals surface area (Å²) in [5.74, 6) is 0.814. The fourth-order valence-electron chi connectivity index (χ4n) is 4.43. The lowest BCUT2D eigenvalue weighted by Crippen LogP contribution is -2.46. The molecule has 7 heteroatoms. The van der Waals surface area contributed by atoms with Crippen molar-refractivity contribution in [1.29, 1.82) is 0 Å². The Morgan fingerprint density at radius 2 is 1.73 bits per heavy atom. The minimum Gasteiger partial charge on any atom is -0.494 e. The summed E-state index contributed by atoms with van der Waals surface area (Å²) in [6.07, 6.45) is 2.08. The molecule has 1 aliphatic heterocycles. The predicted octanol–water partition coefficient (Wildman–Crippen LogP) is 5.87. The quantitative estimate of drug-likeness (QED) is 0.372. The Hall–Kier alpha value is -2.21. The van der Waals surface area contributed by atoms with Crippen LogP contribution in [0.3, 0.4) is 0 Å². The summed E-state index contributed by atoms with van der Waals surface area (Å²) in [6, 6.07) is 15.4. The first-order valence-corrected chi connectivity index (χ1v) is 12.4. The van der Waals surface area contributed by atoms with Gasteiger partial charge in [-0.25, -0.2) is 0 Å². The molecule has 33 heavy (non-hydrogen) atoms. The molecule has 0 saturated carbocycles. The smallest absolute Gasteiger partial charge is 0.251 e. The first-order valence-electron chi connectivity index (χ1n) is 11.6. The zero-order valence-electron chi connectivity index (χ0n) is 19.3. The number of rotatable bonds is 8. The van der Waals surface area contributed by atoms with Crippen molar-refractivity contribution in [3.8, 4) is 5.75 Å². The molecule has 2 aromatic carbocycles. The lowest BCUT2D eigenvalue weighted by Gasteiger charge is -2.36. The second kappa shape index (κ2) is 10.8. The minimum absolute atomic E-state index is 0.0207. The molecule has 0 amide bonds. The van der Waals surface area contributed by atoms with E-state index in [1.807, 2.05) is 60.9 Å². The third-order valence-corrected chi connectivity index (χ3v) is 7.01. The number of aromatic nitrogens is 1. The van der Waals surface area contributed by atoms with E-state index in [9.17, 15) is 4.79 Å². The van der Waals surface area contributed by atoms with Crippen molar-refractivity contribution in [3.05, 3.63) is 68.9 Å². The molecule has 0 atom stereocenters. The Morgan fingerprint density at radius 1 is 0.970 bits per heavy atom. The summed E-state index contributed by atoms with van der Waals surface area (Å²) >= 11 is 12.5. The maximum absolute atomic E-state index is 12.3. The third kappa shape index (κ3) is 5.65. The number of pyridine rings is 1. The van der Waals surface area contributed by atoms with Crippen LogP contribution in [-0.4, -0.2) is 48.8 Å². The zero-order valence-corrected chi connectivity index (χ0v) is 20.8. The average Bonchev–Trinajstić information content (AvgIpc) is 2.80. The van der Waals surface area contributed by atoms with E-state index in [2.05, 4.69) is 9.80 Å². The molecule has 0 bridgehead atoms. The standard InChI is InChI=1S/C26H31Cl2N3O2/c1-19(2)31-24-18-21(10-8-20(24)9-11-25(31)32)33-17-4-3-12-29-13-15-30(16-14-29)23-7-5-6-22(27)26(23)28/h5-11,18-19H,3-4,12-17H2,1-2H3. The number of hydrogen-bond acceptors (Lipinski definition) is 4. The highest BCUT2D eigenvalue weighted by Gasteiger charge is 2.19. The molecular weight excluding hydrogens is 457 g/mol. The van der Waals surface area contributed by atoms with Gasteiger partial charge in [-0.1, -0.05) is 29.3 Å². The van der Waals surface area contributed by atoms with E-state index in [1.165, 1.54) is 0 Å². The number of ether oxygens (including phenoxy) is 1. The molecule has 4 rings (SSSR count). The average molecular weight is 488 g/mol. The molecule has 2 heterocycles. The number of benzene rings is 2. The summed E-state index contributed by atoms with van der Waals surface area (Å²) in [4.78, 5) is 17.1. The van der Waals surface area contributed by atoms with Crippen molar-refractivity contribution in [2.24, 2.45) is 0 Å². The lowest BCUT2D eigenvalue weighted by atomic mass is 10.2. The number of nitrogens with zero attached hydrogens (tertiary/aromatic N) is 3. The molecule has 0 unspecified atom stereocenters. The number of halogens is 2. The molecule has 0 N–H and O–H groups in total. The molecule has 1 saturated heterocycles. The molecule has 5 nitrogen and oxygen atoms in total. The number of fused-ring (bicyclic) bond motifs is 1. The van der Waals surface area contributed by atoms with Crippen LogP contribution in [0.2, 0.25) is 10.0 Å². The van der Waals surface area contributed by atoms with Crippen molar-refractivity contribution >= 4 is 39.8 Å². The molecule has 3 aromatic rings. The van der Waals surface area contributed by atoms with Crippen molar-refractivity contribution in [3.63, 3.8) is 0 Å². The normalized spacial score (nSPS) is 14.9. The second-order valence-corrected chi connectivity index (χ2v) is 9.60. The van der Waals surface area contributed by atoms with E-state index in [0.29, 0.717) is 16.7 Å². The van der Waals surface area contributed by atoms with Crippen molar-refractivity contribution in [2.75, 3.05) is 44.2 Å². The molecule has 1 aliphatic rings. The Bertz CT molecular complexity index is 1150. The van der Waals surface area contributed by atoms with E-state index < -0.39 is 0 Å². The molecular formula is C26H31Cl2N3O2. The van der Waals surface area contributed by atoms with E-state index in [4.69, 9.17) is 27.9 Å². The molecule has 176 valence electrons. The van der Waals surface area contributed by atoms with Crippen molar-refractivity contribution < 1.29 is 4.74 Å². The van der Waals surface area contributed by atoms with Crippen LogP contribution in [0, 0.1) is 0 Å². The summed E-state index contributed by atoms with van der Waals surface area (Å²) in [7, 11) is 0. The maximum Gasteiger partial charge on any atom is 0.251 e. The number of anilines is 1. The molecule has 1 fully saturated rings. The van der Waals surface area contributed by atoms with Crippen LogP contribution in [0.5, 0.6) is 5.75 Å². The van der Waals surface area contributed by atoms with Crippen LogP contribution in [0.15, 0.2) is 53.3 Å². The van der Waals surface area contributed by atoms with Gasteiger partial charge in [-0.2, -0.15) is 0 Å². The van der Waals surface area contributed by atoms with E-state index in [0.717, 1.165) is 67.9 Å². The van der Waals surface area contributed by atoms with Gasteiger partial charge in [-0.15, -0.1) is 0 Å². The van der Waals surface area contributed by atoms with Gasteiger partial charge in [0.15, 0.2) is 0 Å². The van der Waals surface area contributed by atoms with Gasteiger partial charge >= 0.3 is 0 Å². The molecule has 0 spiro atoms. The molecule has 0 aliphatic carbocycles. The number of unbranched alkanes of at least 4 members (excludes halogenated alkanes) is 1. The van der Waals surface area contributed by atoms with Crippen molar-refractivity contribution in [2.45, 2.75) is 32.7 Å². The van der Waals surface area contributed by atoms with Gasteiger partial charge < -0.3 is 14.2 Å². The first-order chi connectivity index (χ1) is 15.9. The van der Waals surface area contributed by atoms with Gasteiger partial charge in [0.1, 0.15) is 5.75 Å². The van der Waals surface area contributed by atoms with E-state index in [1.54, 1.807) is 6.07 Å². The predicted molar refractivity (Wildman–Crippen MR) is 138 cm³/mol. The van der Waals surface area contributed by atoms with E-state index >= 15 is 0 Å². The van der Waals surface area contributed by atoms with Gasteiger partial charge in [0.25, 0.3) is 5.56 Å². The highest BCUT2D eigenvalue weighted by molar-refractivity contribution is 6.43. The Labute approximate surface area is 205 Å². The summed E-state index contributed by atoms with van der Waals surface area (Å²) in [5.41, 5.74) is 1.97. The summed E-state index contributed by atoms with van der Waals surface area (Å²) in [6.45, 7) is 9.71. The van der Waals surface area contributed by atoms with Gasteiger partial charge in [0.2, 0.25) is 0 Å². The topological polar surface area (TPSA) is 37.7 Å².